The molecule has 0 aromatic heterocycles. The molecule has 0 atom stereocenters. The molecular weight excluding hydrogens is 387 g/mol. The number of rotatable bonds is 4. The van der Waals surface area contributed by atoms with Crippen molar-refractivity contribution in [2.45, 2.75) is 11.3 Å². The van der Waals surface area contributed by atoms with Crippen LogP contribution in [0.2, 0.25) is 0 Å². The number of hydrogen-bond acceptors (Lipinski definition) is 3. The van der Waals surface area contributed by atoms with Gasteiger partial charge in [0.2, 0.25) is 0 Å². The van der Waals surface area contributed by atoms with Crippen LogP contribution in [-0.4, -0.2) is 14.8 Å². The summed E-state index contributed by atoms with van der Waals surface area (Å²) in [6.45, 7) is 0. The highest BCUT2D eigenvalue weighted by molar-refractivity contribution is 9.10. The summed E-state index contributed by atoms with van der Waals surface area (Å²) in [7, 11) is -4.02. The molecular formula is C13H9BrF3NO3S. The summed E-state index contributed by atoms with van der Waals surface area (Å²) < 4.78 is 67.7. The molecule has 4 nitrogen and oxygen atoms in total. The van der Waals surface area contributed by atoms with Gasteiger partial charge in [-0.1, -0.05) is 34.1 Å². The van der Waals surface area contributed by atoms with Crippen molar-refractivity contribution in [3.63, 3.8) is 0 Å². The average Bonchev–Trinajstić information content (AvgIpc) is 2.41. The molecule has 9 heteroatoms. The molecule has 0 spiro atoms. The number of halogens is 4. The van der Waals surface area contributed by atoms with Crippen LogP contribution in [0.3, 0.4) is 0 Å². The lowest BCUT2D eigenvalue weighted by atomic mass is 10.3. The highest BCUT2D eigenvalue weighted by Gasteiger charge is 2.32. The van der Waals surface area contributed by atoms with Gasteiger partial charge in [0.1, 0.15) is 0 Å². The van der Waals surface area contributed by atoms with E-state index in [-0.39, 0.29) is 10.6 Å². The maximum atomic E-state index is 12.4. The van der Waals surface area contributed by atoms with Crippen molar-refractivity contribution < 1.29 is 26.3 Å². The predicted molar refractivity (Wildman–Crippen MR) is 78.1 cm³/mol. The van der Waals surface area contributed by atoms with Crippen molar-refractivity contribution in [2.24, 2.45) is 0 Å². The molecule has 22 heavy (non-hydrogen) atoms. The van der Waals surface area contributed by atoms with E-state index in [4.69, 9.17) is 0 Å². The highest BCUT2D eigenvalue weighted by Crippen LogP contribution is 2.34. The van der Waals surface area contributed by atoms with E-state index < -0.39 is 22.1 Å². The normalized spacial score (nSPS) is 12.0. The standard InChI is InChI=1S/C13H9BrF3NO3S/c14-9-6-7-11(12(8-9)21-13(15,16)17)18-22(19,20)10-4-2-1-3-5-10/h1-8,18H. The first-order valence-corrected chi connectivity index (χ1v) is 8.08. The van der Waals surface area contributed by atoms with Crippen molar-refractivity contribution in [1.82, 2.24) is 0 Å². The fraction of sp³-hybridized carbons (Fsp3) is 0.0769. The molecule has 2 rings (SSSR count). The third kappa shape index (κ3) is 4.38. The van der Waals surface area contributed by atoms with Crippen LogP contribution < -0.4 is 9.46 Å². The Bertz CT molecular complexity index is 764. The number of ether oxygens (including phenoxy) is 1. The van der Waals surface area contributed by atoms with Crippen LogP contribution in [0.1, 0.15) is 0 Å². The minimum atomic E-state index is -4.94. The van der Waals surface area contributed by atoms with Crippen LogP contribution in [-0.2, 0) is 10.0 Å². The van der Waals surface area contributed by atoms with Crippen molar-refractivity contribution in [3.05, 3.63) is 53.0 Å². The molecule has 118 valence electrons. The van der Waals surface area contributed by atoms with Crippen LogP contribution in [0.5, 0.6) is 5.75 Å². The van der Waals surface area contributed by atoms with Gasteiger partial charge in [-0.15, -0.1) is 13.2 Å². The Hall–Kier alpha value is -1.74. The summed E-state index contributed by atoms with van der Waals surface area (Å²) in [5.41, 5.74) is -0.315. The smallest absolute Gasteiger partial charge is 0.403 e. The second-order valence-electron chi connectivity index (χ2n) is 4.11. The minimum absolute atomic E-state index is 0.0733. The van der Waals surface area contributed by atoms with Gasteiger partial charge in [-0.25, -0.2) is 8.42 Å². The topological polar surface area (TPSA) is 55.4 Å². The Morgan fingerprint density at radius 1 is 1.05 bits per heavy atom. The first-order chi connectivity index (χ1) is 10.2. The molecule has 0 radical (unpaired) electrons. The van der Waals surface area contributed by atoms with Crippen LogP contribution in [0.15, 0.2) is 57.9 Å². The molecule has 0 bridgehead atoms. The van der Waals surface area contributed by atoms with E-state index in [0.29, 0.717) is 4.47 Å². The van der Waals surface area contributed by atoms with Gasteiger partial charge in [0.05, 0.1) is 10.6 Å². The summed E-state index contributed by atoms with van der Waals surface area (Å²) in [4.78, 5) is -0.0733. The van der Waals surface area contributed by atoms with E-state index in [1.807, 2.05) is 0 Å². The van der Waals surface area contributed by atoms with E-state index in [2.05, 4.69) is 25.4 Å². The van der Waals surface area contributed by atoms with Crippen LogP contribution in [0.25, 0.3) is 0 Å². The number of hydrogen-bond donors (Lipinski definition) is 1. The number of anilines is 1. The van der Waals surface area contributed by atoms with Gasteiger partial charge in [0.25, 0.3) is 10.0 Å². The molecule has 0 aliphatic rings. The van der Waals surface area contributed by atoms with E-state index in [1.54, 1.807) is 6.07 Å². The van der Waals surface area contributed by atoms with Gasteiger partial charge in [0.15, 0.2) is 5.75 Å². The molecule has 0 fully saturated rings. The quantitative estimate of drug-likeness (QED) is 0.845. The van der Waals surface area contributed by atoms with Gasteiger partial charge in [0, 0.05) is 4.47 Å². The zero-order chi connectivity index (χ0) is 16.4. The fourth-order valence-corrected chi connectivity index (χ4v) is 3.02. The third-order valence-corrected chi connectivity index (χ3v) is 4.34. The molecule has 2 aromatic rings. The van der Waals surface area contributed by atoms with Crippen LogP contribution in [0, 0.1) is 0 Å². The summed E-state index contributed by atoms with van der Waals surface area (Å²) in [5, 5.41) is 0. The van der Waals surface area contributed by atoms with E-state index >= 15 is 0 Å². The van der Waals surface area contributed by atoms with Crippen LogP contribution in [0.4, 0.5) is 18.9 Å². The zero-order valence-corrected chi connectivity index (χ0v) is 13.2. The second-order valence-corrected chi connectivity index (χ2v) is 6.70. The summed E-state index contributed by atoms with van der Waals surface area (Å²) in [6.07, 6.45) is -4.94. The van der Waals surface area contributed by atoms with Crippen molar-refractivity contribution in [3.8, 4) is 5.75 Å². The summed E-state index contributed by atoms with van der Waals surface area (Å²) in [5.74, 6) is -0.651. The lowest BCUT2D eigenvalue weighted by Crippen LogP contribution is -2.19. The lowest BCUT2D eigenvalue weighted by Gasteiger charge is -2.15. The highest BCUT2D eigenvalue weighted by atomic mass is 79.9. The Morgan fingerprint density at radius 2 is 1.68 bits per heavy atom. The van der Waals surface area contributed by atoms with E-state index in [1.165, 1.54) is 36.4 Å². The number of benzene rings is 2. The van der Waals surface area contributed by atoms with Gasteiger partial charge in [-0.3, -0.25) is 4.72 Å². The number of sulfonamides is 1. The lowest BCUT2D eigenvalue weighted by molar-refractivity contribution is -0.274. The first kappa shape index (κ1) is 16.6. The van der Waals surface area contributed by atoms with Crippen molar-refractivity contribution >= 4 is 31.6 Å². The molecule has 2 aromatic carbocycles. The molecule has 0 aliphatic carbocycles. The number of alkyl halides is 3. The Kier molecular flexibility index (Phi) is 4.66. The fourth-order valence-electron chi connectivity index (χ4n) is 1.59. The molecule has 0 saturated carbocycles. The van der Waals surface area contributed by atoms with E-state index in [9.17, 15) is 21.6 Å². The van der Waals surface area contributed by atoms with Gasteiger partial charge in [-0.2, -0.15) is 0 Å². The molecule has 0 heterocycles. The average molecular weight is 396 g/mol. The Morgan fingerprint density at radius 3 is 2.27 bits per heavy atom. The van der Waals surface area contributed by atoms with Gasteiger partial charge < -0.3 is 4.74 Å². The van der Waals surface area contributed by atoms with Gasteiger partial charge in [-0.05, 0) is 30.3 Å². The van der Waals surface area contributed by atoms with E-state index in [0.717, 1.165) is 6.07 Å². The maximum Gasteiger partial charge on any atom is 0.573 e. The Labute approximate surface area is 133 Å². The molecule has 0 saturated heterocycles. The third-order valence-electron chi connectivity index (χ3n) is 2.47. The molecule has 0 amide bonds. The molecule has 0 unspecified atom stereocenters. The zero-order valence-electron chi connectivity index (χ0n) is 10.8. The number of nitrogens with one attached hydrogen (secondary N) is 1. The van der Waals surface area contributed by atoms with Crippen molar-refractivity contribution in [2.75, 3.05) is 4.72 Å². The molecule has 1 N–H and O–H groups in total. The summed E-state index contributed by atoms with van der Waals surface area (Å²) in [6, 6.07) is 10.9. The minimum Gasteiger partial charge on any atom is -0.403 e. The second kappa shape index (κ2) is 6.17. The SMILES string of the molecule is O=S(=O)(Nc1ccc(Br)cc1OC(F)(F)F)c1ccccc1. The summed E-state index contributed by atoms with van der Waals surface area (Å²) >= 11 is 3.00. The first-order valence-electron chi connectivity index (χ1n) is 5.80. The Balaban J connectivity index is 2.37. The predicted octanol–water partition coefficient (Wildman–Crippen LogP) is 4.15. The largest absolute Gasteiger partial charge is 0.573 e. The van der Waals surface area contributed by atoms with Crippen molar-refractivity contribution in [1.29, 1.82) is 0 Å². The monoisotopic (exact) mass is 395 g/mol. The van der Waals surface area contributed by atoms with Gasteiger partial charge >= 0.3 is 6.36 Å². The maximum absolute atomic E-state index is 12.4. The van der Waals surface area contributed by atoms with Crippen LogP contribution >= 0.6 is 15.9 Å². The molecule has 0 aliphatic heterocycles.